The van der Waals surface area contributed by atoms with Crippen molar-refractivity contribution in [2.45, 2.75) is 38.5 Å². The molecule has 0 radical (unpaired) electrons. The molecule has 0 bridgehead atoms. The average molecular weight is 688 g/mol. The summed E-state index contributed by atoms with van der Waals surface area (Å²) in [5.41, 5.74) is 2.47. The van der Waals surface area contributed by atoms with Crippen LogP contribution >= 0.6 is 11.3 Å². The number of fused-ring (bicyclic) bond motifs is 1. The van der Waals surface area contributed by atoms with Gasteiger partial charge in [0.2, 0.25) is 5.91 Å². The molecular weight excluding hydrogens is 657 g/mol. The fourth-order valence-electron chi connectivity index (χ4n) is 5.79. The van der Waals surface area contributed by atoms with Crippen molar-refractivity contribution in [3.05, 3.63) is 158 Å². The number of para-hydroxylation sites is 1. The zero-order valence-electron chi connectivity index (χ0n) is 26.1. The fraction of sp³-hybridized carbons (Fsp3) is 0.184. The van der Waals surface area contributed by atoms with Gasteiger partial charge in [-0.25, -0.2) is 13.8 Å². The first-order valence-electron chi connectivity index (χ1n) is 15.5. The molecule has 0 fully saturated rings. The summed E-state index contributed by atoms with van der Waals surface area (Å²) >= 11 is 1.48. The molecular formula is C38H30F5N3O2S. The predicted octanol–water partition coefficient (Wildman–Crippen LogP) is 8.48. The van der Waals surface area contributed by atoms with E-state index in [0.29, 0.717) is 35.1 Å². The Morgan fingerprint density at radius 2 is 1.55 bits per heavy atom. The third kappa shape index (κ3) is 7.94. The fourth-order valence-corrected chi connectivity index (χ4v) is 6.40. The monoisotopic (exact) mass is 687 g/mol. The molecule has 1 amide bonds. The molecule has 0 spiro atoms. The number of thiazole rings is 1. The predicted molar refractivity (Wildman–Crippen MR) is 180 cm³/mol. The van der Waals surface area contributed by atoms with Crippen LogP contribution in [0.1, 0.15) is 27.4 Å². The standard InChI is InChI=1S/C38H30F5N3O2S/c39-32-6-3-4-28(37(32)40)14-17-30-22-34(47)31-5-1-2-7-33(31)46(30)24-36(48)45(20-18-35-44-19-21-49-35)23-25-8-10-26(11-9-25)27-12-15-29(16-13-27)38(41,42)43/h1-13,15-16,19,21-22H,14,17-18,20,23-24H2. The van der Waals surface area contributed by atoms with Gasteiger partial charge in [0.25, 0.3) is 0 Å². The van der Waals surface area contributed by atoms with Crippen LogP contribution in [-0.4, -0.2) is 26.9 Å². The summed E-state index contributed by atoms with van der Waals surface area (Å²) in [4.78, 5) is 33.3. The van der Waals surface area contributed by atoms with Crippen LogP contribution in [0.2, 0.25) is 0 Å². The number of hydrogen-bond acceptors (Lipinski definition) is 4. The van der Waals surface area contributed by atoms with Crippen LogP contribution in [0, 0.1) is 11.6 Å². The zero-order chi connectivity index (χ0) is 34.5. The maximum absolute atomic E-state index is 14.5. The molecule has 2 heterocycles. The summed E-state index contributed by atoms with van der Waals surface area (Å²) in [7, 11) is 0. The third-order valence-electron chi connectivity index (χ3n) is 8.38. The minimum atomic E-state index is -4.42. The maximum Gasteiger partial charge on any atom is 0.416 e. The molecule has 49 heavy (non-hydrogen) atoms. The van der Waals surface area contributed by atoms with E-state index in [1.54, 1.807) is 52.1 Å². The van der Waals surface area contributed by atoms with E-state index in [-0.39, 0.29) is 42.8 Å². The highest BCUT2D eigenvalue weighted by Crippen LogP contribution is 2.31. The first-order valence-corrected chi connectivity index (χ1v) is 16.4. The van der Waals surface area contributed by atoms with Gasteiger partial charge in [-0.15, -0.1) is 11.3 Å². The number of nitrogens with zero attached hydrogens (tertiary/aromatic N) is 3. The van der Waals surface area contributed by atoms with Crippen LogP contribution in [0.4, 0.5) is 22.0 Å². The maximum atomic E-state index is 14.5. The molecule has 6 aromatic rings. The largest absolute Gasteiger partial charge is 0.416 e. The number of carbonyl (C=O) groups excluding carboxylic acids is 1. The van der Waals surface area contributed by atoms with E-state index in [1.165, 1.54) is 41.7 Å². The van der Waals surface area contributed by atoms with E-state index in [1.807, 2.05) is 17.5 Å². The number of amides is 1. The lowest BCUT2D eigenvalue weighted by atomic mass is 10.0. The molecule has 2 aromatic heterocycles. The van der Waals surface area contributed by atoms with Crippen LogP contribution in [-0.2, 0) is 43.3 Å². The Morgan fingerprint density at radius 3 is 2.24 bits per heavy atom. The first-order chi connectivity index (χ1) is 23.6. The average Bonchev–Trinajstić information content (AvgIpc) is 3.62. The lowest BCUT2D eigenvalue weighted by Crippen LogP contribution is -2.36. The number of benzene rings is 4. The van der Waals surface area contributed by atoms with Gasteiger partial charge < -0.3 is 9.47 Å². The van der Waals surface area contributed by atoms with Crippen LogP contribution in [0.3, 0.4) is 0 Å². The zero-order valence-corrected chi connectivity index (χ0v) is 26.9. The summed E-state index contributed by atoms with van der Waals surface area (Å²) < 4.78 is 69.3. The Kier molecular flexibility index (Phi) is 10.0. The third-order valence-corrected chi connectivity index (χ3v) is 9.22. The molecule has 6 rings (SSSR count). The van der Waals surface area contributed by atoms with Gasteiger partial charge in [0, 0.05) is 48.2 Å². The van der Waals surface area contributed by atoms with Crippen LogP contribution in [0.15, 0.2) is 113 Å². The van der Waals surface area contributed by atoms with E-state index in [4.69, 9.17) is 0 Å². The normalized spacial score (nSPS) is 11.6. The van der Waals surface area contributed by atoms with Gasteiger partial charge in [-0.3, -0.25) is 9.59 Å². The Bertz CT molecular complexity index is 2130. The second-order valence-electron chi connectivity index (χ2n) is 11.6. The Hall–Kier alpha value is -5.16. The Balaban J connectivity index is 1.27. The van der Waals surface area contributed by atoms with Gasteiger partial charge in [-0.1, -0.05) is 60.7 Å². The molecule has 11 heteroatoms. The highest BCUT2D eigenvalue weighted by Gasteiger charge is 2.30. The van der Waals surface area contributed by atoms with Crippen LogP contribution in [0.25, 0.3) is 22.0 Å². The van der Waals surface area contributed by atoms with Crippen molar-refractivity contribution >= 4 is 28.1 Å². The quantitative estimate of drug-likeness (QED) is 0.129. The molecule has 0 unspecified atom stereocenters. The molecule has 0 saturated carbocycles. The second kappa shape index (κ2) is 14.5. The number of halogens is 5. The van der Waals surface area contributed by atoms with E-state index in [2.05, 4.69) is 4.98 Å². The van der Waals surface area contributed by atoms with Crippen LogP contribution < -0.4 is 5.43 Å². The van der Waals surface area contributed by atoms with Crippen molar-refractivity contribution in [2.24, 2.45) is 0 Å². The van der Waals surface area contributed by atoms with Gasteiger partial charge >= 0.3 is 6.18 Å². The SMILES string of the molecule is O=C(Cn1c(CCc2cccc(F)c2F)cc(=O)c2ccccc21)N(CCc1nccs1)Cc1ccc(-c2ccc(C(F)(F)F)cc2)cc1. The van der Waals surface area contributed by atoms with E-state index >= 15 is 0 Å². The number of carbonyl (C=O) groups is 1. The van der Waals surface area contributed by atoms with Crippen molar-refractivity contribution in [3.8, 4) is 11.1 Å². The topological polar surface area (TPSA) is 55.2 Å². The smallest absolute Gasteiger partial charge is 0.336 e. The van der Waals surface area contributed by atoms with Crippen molar-refractivity contribution in [3.63, 3.8) is 0 Å². The number of hydrogen-bond donors (Lipinski definition) is 0. The second-order valence-corrected chi connectivity index (χ2v) is 12.6. The number of aromatic nitrogens is 2. The van der Waals surface area contributed by atoms with Gasteiger partial charge in [0.15, 0.2) is 17.1 Å². The van der Waals surface area contributed by atoms with Gasteiger partial charge in [0.1, 0.15) is 6.54 Å². The summed E-state index contributed by atoms with van der Waals surface area (Å²) in [6, 6.07) is 24.6. The lowest BCUT2D eigenvalue weighted by Gasteiger charge is -2.25. The number of aryl methyl sites for hydroxylation is 2. The minimum Gasteiger partial charge on any atom is -0.336 e. The van der Waals surface area contributed by atoms with Crippen LogP contribution in [0.5, 0.6) is 0 Å². The van der Waals surface area contributed by atoms with Gasteiger partial charge in [-0.05, 0) is 65.4 Å². The minimum absolute atomic E-state index is 0.108. The highest BCUT2D eigenvalue weighted by molar-refractivity contribution is 7.09. The van der Waals surface area contributed by atoms with Crippen molar-refractivity contribution < 1.29 is 26.7 Å². The molecule has 0 aliphatic heterocycles. The number of alkyl halides is 3. The van der Waals surface area contributed by atoms with Crippen molar-refractivity contribution in [1.82, 2.24) is 14.5 Å². The van der Waals surface area contributed by atoms with Crippen molar-refractivity contribution in [2.75, 3.05) is 6.54 Å². The summed E-state index contributed by atoms with van der Waals surface area (Å²) in [6.07, 6.45) is -1.89. The number of pyridine rings is 1. The molecule has 5 nitrogen and oxygen atoms in total. The molecule has 0 saturated heterocycles. The number of rotatable bonds is 11. The highest BCUT2D eigenvalue weighted by atomic mass is 32.1. The van der Waals surface area contributed by atoms with E-state index < -0.39 is 23.4 Å². The molecule has 4 aromatic carbocycles. The Labute approximate surface area is 282 Å². The van der Waals surface area contributed by atoms with Gasteiger partial charge in [0.05, 0.1) is 16.1 Å². The molecule has 0 aliphatic carbocycles. The summed E-state index contributed by atoms with van der Waals surface area (Å²) in [5, 5.41) is 3.16. The van der Waals surface area contributed by atoms with E-state index in [0.717, 1.165) is 34.3 Å². The molecule has 0 aliphatic rings. The lowest BCUT2D eigenvalue weighted by molar-refractivity contribution is -0.137. The molecule has 250 valence electrons. The first kappa shape index (κ1) is 33.7. The molecule has 0 atom stereocenters. The Morgan fingerprint density at radius 1 is 0.837 bits per heavy atom. The van der Waals surface area contributed by atoms with Crippen molar-refractivity contribution in [1.29, 1.82) is 0 Å². The summed E-state index contributed by atoms with van der Waals surface area (Å²) in [5.74, 6) is -2.12. The van der Waals surface area contributed by atoms with E-state index in [9.17, 15) is 31.5 Å². The molecule has 0 N–H and O–H groups in total. The van der Waals surface area contributed by atoms with Gasteiger partial charge in [-0.2, -0.15) is 13.2 Å². The summed E-state index contributed by atoms with van der Waals surface area (Å²) in [6.45, 7) is 0.498.